The first-order valence-electron chi connectivity index (χ1n) is 5.34. The predicted octanol–water partition coefficient (Wildman–Crippen LogP) is 3.03. The van der Waals surface area contributed by atoms with E-state index in [2.05, 4.69) is 24.1 Å². The van der Waals surface area contributed by atoms with Gasteiger partial charge in [0.1, 0.15) is 0 Å². The highest BCUT2D eigenvalue weighted by atomic mass is 35.5. The summed E-state index contributed by atoms with van der Waals surface area (Å²) in [6, 6.07) is 1.83. The number of halogens is 1. The molecule has 1 aliphatic carbocycles. The highest BCUT2D eigenvalue weighted by Gasteiger charge is 2.50. The number of hydrogen-bond donors (Lipinski definition) is 1. The Morgan fingerprint density at radius 1 is 1.62 bits per heavy atom. The lowest BCUT2D eigenvalue weighted by Gasteiger charge is -2.10. The topological polar surface area (TPSA) is 42.0 Å². The van der Waals surface area contributed by atoms with Crippen LogP contribution in [0.1, 0.15) is 25.8 Å². The first-order chi connectivity index (χ1) is 7.42. The zero-order chi connectivity index (χ0) is 11.9. The van der Waals surface area contributed by atoms with Crippen molar-refractivity contribution in [3.05, 3.63) is 23.0 Å². The van der Waals surface area contributed by atoms with Crippen molar-refractivity contribution >= 4 is 23.2 Å². The van der Waals surface area contributed by atoms with E-state index in [-0.39, 0.29) is 17.2 Å². The largest absolute Gasteiger partial charge is 0.323 e. The van der Waals surface area contributed by atoms with Crippen molar-refractivity contribution in [1.29, 1.82) is 0 Å². The number of nitrogens with one attached hydrogen (secondary N) is 1. The Balaban J connectivity index is 2.13. The molecule has 1 unspecified atom stereocenters. The molecule has 16 heavy (non-hydrogen) atoms. The molecule has 86 valence electrons. The molecule has 0 spiro atoms. The third-order valence-corrected chi connectivity index (χ3v) is 3.48. The van der Waals surface area contributed by atoms with Gasteiger partial charge in [-0.15, -0.1) is 0 Å². The van der Waals surface area contributed by atoms with Gasteiger partial charge in [0.15, 0.2) is 5.15 Å². The Morgan fingerprint density at radius 3 is 2.75 bits per heavy atom. The van der Waals surface area contributed by atoms with Crippen molar-refractivity contribution in [2.45, 2.75) is 27.2 Å². The van der Waals surface area contributed by atoms with E-state index in [0.717, 1.165) is 12.0 Å². The number of pyridine rings is 1. The molecule has 1 aromatic heterocycles. The zero-order valence-corrected chi connectivity index (χ0v) is 10.4. The molecule has 1 N–H and O–H groups in total. The Morgan fingerprint density at radius 2 is 2.25 bits per heavy atom. The summed E-state index contributed by atoms with van der Waals surface area (Å²) < 4.78 is 0. The molecule has 0 aromatic carbocycles. The number of amides is 1. The number of carbonyl (C=O) groups is 1. The van der Waals surface area contributed by atoms with Crippen LogP contribution in [-0.4, -0.2) is 10.9 Å². The molecule has 4 heteroatoms. The van der Waals surface area contributed by atoms with Crippen LogP contribution in [0.15, 0.2) is 12.3 Å². The average Bonchev–Trinajstić information content (AvgIpc) is 2.82. The fourth-order valence-electron chi connectivity index (χ4n) is 1.80. The fourth-order valence-corrected chi connectivity index (χ4v) is 2.05. The van der Waals surface area contributed by atoms with Crippen molar-refractivity contribution in [2.75, 3.05) is 5.32 Å². The smallest absolute Gasteiger partial charge is 0.228 e. The molecule has 1 atom stereocenters. The van der Waals surface area contributed by atoms with Crippen LogP contribution in [0, 0.1) is 18.3 Å². The van der Waals surface area contributed by atoms with E-state index in [1.165, 1.54) is 0 Å². The maximum atomic E-state index is 11.9. The van der Waals surface area contributed by atoms with Gasteiger partial charge in [-0.3, -0.25) is 4.79 Å². The van der Waals surface area contributed by atoms with Crippen molar-refractivity contribution < 1.29 is 4.79 Å². The van der Waals surface area contributed by atoms with Gasteiger partial charge in [0.05, 0.1) is 5.69 Å². The Labute approximate surface area is 100 Å². The molecule has 1 heterocycles. The van der Waals surface area contributed by atoms with Gasteiger partial charge in [0, 0.05) is 12.1 Å². The average molecular weight is 239 g/mol. The molecule has 1 amide bonds. The standard InChI is InChI=1S/C12H15ClN2O/c1-7-4-5-14-10(13)9(7)15-11(16)8-6-12(8,2)3/h4-5,8H,6H2,1-3H3,(H,15,16). The number of aryl methyl sites for hydroxylation is 1. The van der Waals surface area contributed by atoms with Gasteiger partial charge in [0.25, 0.3) is 0 Å². The highest BCUT2D eigenvalue weighted by Crippen LogP contribution is 2.52. The third kappa shape index (κ3) is 2.05. The Kier molecular flexibility index (Phi) is 2.66. The van der Waals surface area contributed by atoms with Gasteiger partial charge in [-0.25, -0.2) is 4.98 Å². The molecule has 2 rings (SSSR count). The van der Waals surface area contributed by atoms with Gasteiger partial charge in [-0.2, -0.15) is 0 Å². The minimum atomic E-state index is 0.0444. The molecule has 1 aromatic rings. The van der Waals surface area contributed by atoms with E-state index in [0.29, 0.717) is 10.8 Å². The summed E-state index contributed by atoms with van der Waals surface area (Å²) in [4.78, 5) is 15.9. The number of anilines is 1. The minimum absolute atomic E-state index is 0.0444. The van der Waals surface area contributed by atoms with Gasteiger partial charge < -0.3 is 5.32 Å². The van der Waals surface area contributed by atoms with E-state index >= 15 is 0 Å². The van der Waals surface area contributed by atoms with Crippen molar-refractivity contribution in [3.63, 3.8) is 0 Å². The third-order valence-electron chi connectivity index (χ3n) is 3.19. The summed E-state index contributed by atoms with van der Waals surface area (Å²) in [5, 5.41) is 3.22. The molecule has 0 bridgehead atoms. The first-order valence-corrected chi connectivity index (χ1v) is 5.71. The van der Waals surface area contributed by atoms with Crippen LogP contribution in [0.2, 0.25) is 5.15 Å². The second-order valence-corrected chi connectivity index (χ2v) is 5.39. The summed E-state index contributed by atoms with van der Waals surface area (Å²) in [5.74, 6) is 0.145. The number of aromatic nitrogens is 1. The summed E-state index contributed by atoms with van der Waals surface area (Å²) in [5.41, 5.74) is 1.70. The van der Waals surface area contributed by atoms with Crippen molar-refractivity contribution in [3.8, 4) is 0 Å². The monoisotopic (exact) mass is 238 g/mol. The predicted molar refractivity (Wildman–Crippen MR) is 64.5 cm³/mol. The maximum Gasteiger partial charge on any atom is 0.228 e. The lowest BCUT2D eigenvalue weighted by atomic mass is 10.1. The number of hydrogen-bond acceptors (Lipinski definition) is 2. The van der Waals surface area contributed by atoms with E-state index in [1.807, 2.05) is 13.0 Å². The molecule has 1 fully saturated rings. The number of nitrogens with zero attached hydrogens (tertiary/aromatic N) is 1. The first kappa shape index (κ1) is 11.4. The van der Waals surface area contributed by atoms with E-state index in [4.69, 9.17) is 11.6 Å². The van der Waals surface area contributed by atoms with Crippen molar-refractivity contribution in [1.82, 2.24) is 4.98 Å². The van der Waals surface area contributed by atoms with Crippen molar-refractivity contribution in [2.24, 2.45) is 11.3 Å². The van der Waals surface area contributed by atoms with Crippen LogP contribution in [0.5, 0.6) is 0 Å². The molecule has 3 nitrogen and oxygen atoms in total. The van der Waals surface area contributed by atoms with Crippen LogP contribution in [0.3, 0.4) is 0 Å². The maximum absolute atomic E-state index is 11.9. The highest BCUT2D eigenvalue weighted by molar-refractivity contribution is 6.32. The van der Waals surface area contributed by atoms with Crippen LogP contribution in [0.4, 0.5) is 5.69 Å². The second kappa shape index (κ2) is 3.74. The molecule has 1 saturated carbocycles. The lowest BCUT2D eigenvalue weighted by Crippen LogP contribution is -2.17. The van der Waals surface area contributed by atoms with Crippen LogP contribution < -0.4 is 5.32 Å². The molecular formula is C12H15ClN2O. The Bertz CT molecular complexity index is 422. The molecule has 0 saturated heterocycles. The zero-order valence-electron chi connectivity index (χ0n) is 9.67. The van der Waals surface area contributed by atoms with Crippen LogP contribution in [0.25, 0.3) is 0 Å². The van der Waals surface area contributed by atoms with E-state index in [9.17, 15) is 4.79 Å². The SMILES string of the molecule is Cc1ccnc(Cl)c1NC(=O)C1CC1(C)C. The molecule has 0 aliphatic heterocycles. The summed E-state index contributed by atoms with van der Waals surface area (Å²) in [6.07, 6.45) is 2.57. The quantitative estimate of drug-likeness (QED) is 0.805. The number of rotatable bonds is 2. The minimum Gasteiger partial charge on any atom is -0.323 e. The van der Waals surface area contributed by atoms with Crippen LogP contribution in [-0.2, 0) is 4.79 Å². The summed E-state index contributed by atoms with van der Waals surface area (Å²) in [6.45, 7) is 6.09. The second-order valence-electron chi connectivity index (χ2n) is 5.03. The molecule has 1 aliphatic rings. The van der Waals surface area contributed by atoms with E-state index < -0.39 is 0 Å². The van der Waals surface area contributed by atoms with Gasteiger partial charge in [-0.05, 0) is 30.4 Å². The summed E-state index contributed by atoms with van der Waals surface area (Å²) >= 11 is 5.94. The normalized spacial score (nSPS) is 21.6. The van der Waals surface area contributed by atoms with Gasteiger partial charge >= 0.3 is 0 Å². The molecular weight excluding hydrogens is 224 g/mol. The van der Waals surface area contributed by atoms with E-state index in [1.54, 1.807) is 6.20 Å². The number of carbonyl (C=O) groups excluding carboxylic acids is 1. The van der Waals surface area contributed by atoms with Gasteiger partial charge in [0.2, 0.25) is 5.91 Å². The Hall–Kier alpha value is -1.09. The van der Waals surface area contributed by atoms with Crippen LogP contribution >= 0.6 is 11.6 Å². The summed E-state index contributed by atoms with van der Waals surface area (Å²) in [7, 11) is 0. The molecule has 0 radical (unpaired) electrons. The fraction of sp³-hybridized carbons (Fsp3) is 0.500. The van der Waals surface area contributed by atoms with Gasteiger partial charge in [-0.1, -0.05) is 25.4 Å². The lowest BCUT2D eigenvalue weighted by molar-refractivity contribution is -0.118.